The molecule has 0 heterocycles. The smallest absolute Gasteiger partial charge is 0.387 e. The minimum absolute atomic E-state index is 0.208. The van der Waals surface area contributed by atoms with Crippen LogP contribution in [0.25, 0.3) is 0 Å². The van der Waals surface area contributed by atoms with E-state index in [1.165, 1.54) is 18.2 Å². The Hall–Kier alpha value is -1.98. The number of rotatable bonds is 4. The first-order valence-corrected chi connectivity index (χ1v) is 3.83. The lowest BCUT2D eigenvalue weighted by Gasteiger charge is -2.04. The van der Waals surface area contributed by atoms with E-state index in [0.29, 0.717) is 0 Å². The molecule has 1 N–H and O–H groups in total. The SMILES string of the molecule is O=C(O)C(=O)c1cccc(OC(F)F)c1. The van der Waals surface area contributed by atoms with Gasteiger partial charge in [0, 0.05) is 5.56 Å². The van der Waals surface area contributed by atoms with Gasteiger partial charge in [-0.25, -0.2) is 4.79 Å². The van der Waals surface area contributed by atoms with Crippen LogP contribution in [0.2, 0.25) is 0 Å². The van der Waals surface area contributed by atoms with Gasteiger partial charge in [-0.1, -0.05) is 12.1 Å². The van der Waals surface area contributed by atoms with Crippen LogP contribution in [0.1, 0.15) is 10.4 Å². The van der Waals surface area contributed by atoms with Crippen molar-refractivity contribution in [3.63, 3.8) is 0 Å². The van der Waals surface area contributed by atoms with Gasteiger partial charge in [-0.05, 0) is 12.1 Å². The highest BCUT2D eigenvalue weighted by Gasteiger charge is 2.15. The fourth-order valence-electron chi connectivity index (χ4n) is 0.937. The Bertz CT molecular complexity index is 389. The highest BCUT2D eigenvalue weighted by atomic mass is 19.3. The number of benzene rings is 1. The summed E-state index contributed by atoms with van der Waals surface area (Å²) < 4.78 is 27.6. The molecule has 80 valence electrons. The number of aliphatic carboxylic acids is 1. The van der Waals surface area contributed by atoms with Crippen molar-refractivity contribution in [3.05, 3.63) is 29.8 Å². The second-order valence-corrected chi connectivity index (χ2v) is 2.54. The lowest BCUT2D eigenvalue weighted by molar-refractivity contribution is -0.131. The van der Waals surface area contributed by atoms with Gasteiger partial charge in [-0.2, -0.15) is 8.78 Å². The van der Waals surface area contributed by atoms with Crippen molar-refractivity contribution in [2.24, 2.45) is 0 Å². The summed E-state index contributed by atoms with van der Waals surface area (Å²) in [5, 5.41) is 8.37. The third-order valence-corrected chi connectivity index (χ3v) is 1.52. The largest absolute Gasteiger partial charge is 0.475 e. The summed E-state index contributed by atoms with van der Waals surface area (Å²) in [5.41, 5.74) is -0.208. The highest BCUT2D eigenvalue weighted by molar-refractivity contribution is 6.39. The van der Waals surface area contributed by atoms with Gasteiger partial charge in [0.15, 0.2) is 0 Å². The van der Waals surface area contributed by atoms with E-state index in [-0.39, 0.29) is 11.3 Å². The Labute approximate surface area is 83.1 Å². The molecule has 0 aromatic heterocycles. The second-order valence-electron chi connectivity index (χ2n) is 2.54. The Morgan fingerprint density at radius 2 is 2.00 bits per heavy atom. The van der Waals surface area contributed by atoms with Crippen LogP contribution in [0.15, 0.2) is 24.3 Å². The predicted octanol–water partition coefficient (Wildman–Crippen LogP) is 1.56. The molecule has 0 saturated carbocycles. The first-order chi connectivity index (χ1) is 7.00. The van der Waals surface area contributed by atoms with Gasteiger partial charge < -0.3 is 9.84 Å². The van der Waals surface area contributed by atoms with E-state index in [2.05, 4.69) is 4.74 Å². The van der Waals surface area contributed by atoms with Crippen molar-refractivity contribution in [1.29, 1.82) is 0 Å². The van der Waals surface area contributed by atoms with E-state index in [1.807, 2.05) is 0 Å². The van der Waals surface area contributed by atoms with Crippen LogP contribution in [-0.2, 0) is 4.79 Å². The lowest BCUT2D eigenvalue weighted by atomic mass is 10.1. The maximum Gasteiger partial charge on any atom is 0.387 e. The molecule has 0 spiro atoms. The number of carboxylic acid groups (broad SMARTS) is 1. The summed E-state index contributed by atoms with van der Waals surface area (Å²) in [4.78, 5) is 21.2. The Balaban J connectivity index is 2.92. The summed E-state index contributed by atoms with van der Waals surface area (Å²) in [6.45, 7) is -3.01. The van der Waals surface area contributed by atoms with Crippen molar-refractivity contribution in [1.82, 2.24) is 0 Å². The Morgan fingerprint density at radius 1 is 1.33 bits per heavy atom. The number of Topliss-reactive ketones (excluding diaryl/α,β-unsaturated/α-hetero) is 1. The van der Waals surface area contributed by atoms with Crippen LogP contribution in [0.5, 0.6) is 5.75 Å². The Morgan fingerprint density at radius 3 is 2.53 bits per heavy atom. The zero-order valence-corrected chi connectivity index (χ0v) is 7.31. The summed E-state index contributed by atoms with van der Waals surface area (Å²) in [7, 11) is 0. The maximum absolute atomic E-state index is 11.8. The van der Waals surface area contributed by atoms with Gasteiger partial charge in [0.05, 0.1) is 0 Å². The topological polar surface area (TPSA) is 63.6 Å². The van der Waals surface area contributed by atoms with E-state index in [4.69, 9.17) is 5.11 Å². The standard InChI is InChI=1S/C9H6F2O4/c10-9(11)15-6-3-1-2-5(4-6)7(12)8(13)14/h1-4,9H,(H,13,14). The van der Waals surface area contributed by atoms with Crippen LogP contribution in [0, 0.1) is 0 Å². The molecule has 0 aliphatic rings. The lowest BCUT2D eigenvalue weighted by Crippen LogP contribution is -2.13. The van der Waals surface area contributed by atoms with Crippen molar-refractivity contribution in [2.75, 3.05) is 0 Å². The summed E-state index contributed by atoms with van der Waals surface area (Å²) in [5.74, 6) is -3.07. The van der Waals surface area contributed by atoms with Crippen LogP contribution in [0.3, 0.4) is 0 Å². The predicted molar refractivity (Wildman–Crippen MR) is 45.0 cm³/mol. The van der Waals surface area contributed by atoms with Gasteiger partial charge in [0.1, 0.15) is 5.75 Å². The maximum atomic E-state index is 11.8. The quantitative estimate of drug-likeness (QED) is 0.612. The normalized spacial score (nSPS) is 10.1. The molecule has 0 aliphatic carbocycles. The van der Waals surface area contributed by atoms with Gasteiger partial charge in [-0.15, -0.1) is 0 Å². The van der Waals surface area contributed by atoms with E-state index in [9.17, 15) is 18.4 Å². The van der Waals surface area contributed by atoms with Crippen molar-refractivity contribution < 1.29 is 28.2 Å². The molecule has 1 aromatic rings. The summed E-state index contributed by atoms with van der Waals surface area (Å²) in [6, 6.07) is 4.61. The molecule has 1 aromatic carbocycles. The monoisotopic (exact) mass is 216 g/mol. The summed E-state index contributed by atoms with van der Waals surface area (Å²) in [6.07, 6.45) is 0. The first-order valence-electron chi connectivity index (χ1n) is 3.83. The van der Waals surface area contributed by atoms with E-state index in [1.54, 1.807) is 0 Å². The number of ether oxygens (including phenoxy) is 1. The van der Waals surface area contributed by atoms with Gasteiger partial charge in [0.2, 0.25) is 0 Å². The van der Waals surface area contributed by atoms with Crippen LogP contribution in [-0.4, -0.2) is 23.5 Å². The number of hydrogen-bond acceptors (Lipinski definition) is 3. The highest BCUT2D eigenvalue weighted by Crippen LogP contribution is 2.16. The molecular formula is C9H6F2O4. The molecule has 0 atom stereocenters. The second kappa shape index (κ2) is 4.50. The number of alkyl halides is 2. The number of carboxylic acids is 1. The molecule has 0 unspecified atom stereocenters. The van der Waals surface area contributed by atoms with Crippen LogP contribution in [0.4, 0.5) is 8.78 Å². The molecule has 0 aliphatic heterocycles. The molecule has 1 rings (SSSR count). The fourth-order valence-corrected chi connectivity index (χ4v) is 0.937. The molecule has 15 heavy (non-hydrogen) atoms. The zero-order valence-electron chi connectivity index (χ0n) is 7.31. The average molecular weight is 216 g/mol. The van der Waals surface area contributed by atoms with E-state index >= 15 is 0 Å². The molecule has 0 saturated heterocycles. The van der Waals surface area contributed by atoms with Crippen LogP contribution >= 0.6 is 0 Å². The fraction of sp³-hybridized carbons (Fsp3) is 0.111. The molecular weight excluding hydrogens is 210 g/mol. The molecule has 6 heteroatoms. The minimum Gasteiger partial charge on any atom is -0.475 e. The number of carbonyl (C=O) groups excluding carboxylic acids is 1. The van der Waals surface area contributed by atoms with Crippen LogP contribution < -0.4 is 4.74 Å². The van der Waals surface area contributed by atoms with Gasteiger partial charge in [0.25, 0.3) is 5.78 Å². The summed E-state index contributed by atoms with van der Waals surface area (Å²) >= 11 is 0. The number of carbonyl (C=O) groups is 2. The molecule has 0 bridgehead atoms. The molecule has 0 fully saturated rings. The van der Waals surface area contributed by atoms with Gasteiger partial charge in [-0.3, -0.25) is 4.79 Å². The molecule has 0 amide bonds. The van der Waals surface area contributed by atoms with Gasteiger partial charge >= 0.3 is 12.6 Å². The van der Waals surface area contributed by atoms with E-state index in [0.717, 1.165) is 6.07 Å². The minimum atomic E-state index is -3.01. The van der Waals surface area contributed by atoms with Crippen molar-refractivity contribution in [3.8, 4) is 5.75 Å². The van der Waals surface area contributed by atoms with Crippen molar-refractivity contribution in [2.45, 2.75) is 6.61 Å². The third-order valence-electron chi connectivity index (χ3n) is 1.52. The Kier molecular flexibility index (Phi) is 3.33. The molecule has 4 nitrogen and oxygen atoms in total. The number of halogens is 2. The van der Waals surface area contributed by atoms with Crippen molar-refractivity contribution >= 4 is 11.8 Å². The van der Waals surface area contributed by atoms with E-state index < -0.39 is 18.4 Å². The first kappa shape index (κ1) is 11.1. The zero-order chi connectivity index (χ0) is 11.4. The average Bonchev–Trinajstić information content (AvgIpc) is 2.16. The number of ketones is 1. The molecule has 0 radical (unpaired) electrons. The third kappa shape index (κ3) is 3.01. The number of hydrogen-bond donors (Lipinski definition) is 1.